The molecule has 2 aromatic rings. The highest BCUT2D eigenvalue weighted by Gasteiger charge is 2.13. The Bertz CT molecular complexity index is 479. The van der Waals surface area contributed by atoms with E-state index in [2.05, 4.69) is 5.32 Å². The van der Waals surface area contributed by atoms with Crippen molar-refractivity contribution in [2.75, 3.05) is 14.2 Å². The van der Waals surface area contributed by atoms with Gasteiger partial charge in [-0.05, 0) is 19.2 Å². The Balaban J connectivity index is 2.67. The molecule has 1 aromatic heterocycles. The molecule has 0 unspecified atom stereocenters. The zero-order chi connectivity index (χ0) is 10.8. The number of benzene rings is 1. The molecule has 3 nitrogen and oxygen atoms in total. The second-order valence-electron chi connectivity index (χ2n) is 3.25. The average Bonchev–Trinajstić information content (AvgIpc) is 2.67. The van der Waals surface area contributed by atoms with Crippen molar-refractivity contribution in [3.63, 3.8) is 0 Å². The Morgan fingerprint density at radius 3 is 3.00 bits per heavy atom. The van der Waals surface area contributed by atoms with Gasteiger partial charge in [0.05, 0.1) is 13.4 Å². The zero-order valence-electron chi connectivity index (χ0n) is 8.63. The van der Waals surface area contributed by atoms with Crippen molar-refractivity contribution in [2.24, 2.45) is 0 Å². The van der Waals surface area contributed by atoms with Gasteiger partial charge < -0.3 is 14.5 Å². The molecule has 1 N–H and O–H groups in total. The van der Waals surface area contributed by atoms with Gasteiger partial charge in [0.25, 0.3) is 0 Å². The third kappa shape index (κ3) is 1.68. The van der Waals surface area contributed by atoms with Crippen molar-refractivity contribution < 1.29 is 9.15 Å². The largest absolute Gasteiger partial charge is 0.495 e. The average molecular weight is 226 g/mol. The molecule has 0 atom stereocenters. The molecule has 0 fully saturated rings. The molecule has 1 aromatic carbocycles. The van der Waals surface area contributed by atoms with Crippen LogP contribution in [0.2, 0.25) is 5.02 Å². The number of hydrogen-bond acceptors (Lipinski definition) is 3. The van der Waals surface area contributed by atoms with E-state index in [1.807, 2.05) is 19.2 Å². The number of ether oxygens (including phenoxy) is 1. The first kappa shape index (κ1) is 10.3. The van der Waals surface area contributed by atoms with Crippen LogP contribution in [0.1, 0.15) is 5.56 Å². The van der Waals surface area contributed by atoms with Gasteiger partial charge in [-0.3, -0.25) is 0 Å². The van der Waals surface area contributed by atoms with Crippen LogP contribution in [0.3, 0.4) is 0 Å². The molecule has 0 saturated carbocycles. The highest BCUT2D eigenvalue weighted by atomic mass is 35.5. The van der Waals surface area contributed by atoms with E-state index in [4.69, 9.17) is 20.8 Å². The van der Waals surface area contributed by atoms with Crippen LogP contribution in [0.4, 0.5) is 0 Å². The lowest BCUT2D eigenvalue weighted by molar-refractivity contribution is 0.408. The molecule has 2 rings (SSSR count). The monoisotopic (exact) mass is 225 g/mol. The van der Waals surface area contributed by atoms with Crippen molar-refractivity contribution in [2.45, 2.75) is 6.54 Å². The first-order valence-electron chi connectivity index (χ1n) is 4.65. The lowest BCUT2D eigenvalue weighted by Crippen LogP contribution is -2.06. The predicted molar refractivity (Wildman–Crippen MR) is 60.5 cm³/mol. The number of nitrogens with one attached hydrogen (secondary N) is 1. The Labute approximate surface area is 93.0 Å². The van der Waals surface area contributed by atoms with E-state index >= 15 is 0 Å². The normalized spacial score (nSPS) is 10.9. The number of hydrogen-bond donors (Lipinski definition) is 1. The topological polar surface area (TPSA) is 34.4 Å². The van der Waals surface area contributed by atoms with Crippen LogP contribution >= 0.6 is 11.6 Å². The number of rotatable bonds is 3. The Morgan fingerprint density at radius 2 is 2.33 bits per heavy atom. The van der Waals surface area contributed by atoms with E-state index in [-0.39, 0.29) is 0 Å². The molecule has 0 aliphatic rings. The van der Waals surface area contributed by atoms with Crippen LogP contribution in [0.25, 0.3) is 11.0 Å². The van der Waals surface area contributed by atoms with Crippen molar-refractivity contribution >= 4 is 22.6 Å². The molecule has 4 heteroatoms. The maximum absolute atomic E-state index is 6.18. The number of furan rings is 1. The van der Waals surface area contributed by atoms with Crippen molar-refractivity contribution in [1.82, 2.24) is 5.32 Å². The van der Waals surface area contributed by atoms with Gasteiger partial charge in [-0.2, -0.15) is 0 Å². The number of halogens is 1. The highest BCUT2D eigenvalue weighted by molar-refractivity contribution is 6.36. The lowest BCUT2D eigenvalue weighted by atomic mass is 10.1. The molecular weight excluding hydrogens is 214 g/mol. The van der Waals surface area contributed by atoms with E-state index in [1.54, 1.807) is 13.4 Å². The van der Waals surface area contributed by atoms with E-state index in [0.29, 0.717) is 22.9 Å². The lowest BCUT2D eigenvalue weighted by Gasteiger charge is -2.10. The first-order chi connectivity index (χ1) is 7.27. The third-order valence-electron chi connectivity index (χ3n) is 2.29. The fraction of sp³-hybridized carbons (Fsp3) is 0.273. The van der Waals surface area contributed by atoms with Crippen LogP contribution in [0.15, 0.2) is 22.8 Å². The summed E-state index contributed by atoms with van der Waals surface area (Å²) in [6.45, 7) is 0.712. The van der Waals surface area contributed by atoms with Gasteiger partial charge in [0.2, 0.25) is 0 Å². The van der Waals surface area contributed by atoms with Crippen LogP contribution < -0.4 is 10.1 Å². The van der Waals surface area contributed by atoms with Gasteiger partial charge in [0.15, 0.2) is 5.58 Å². The predicted octanol–water partition coefficient (Wildman–Crippen LogP) is 2.81. The second kappa shape index (κ2) is 4.13. The van der Waals surface area contributed by atoms with Crippen molar-refractivity contribution in [1.29, 1.82) is 0 Å². The van der Waals surface area contributed by atoms with Crippen molar-refractivity contribution in [3.05, 3.63) is 29.0 Å². The molecule has 15 heavy (non-hydrogen) atoms. The molecule has 0 bridgehead atoms. The van der Waals surface area contributed by atoms with E-state index in [9.17, 15) is 0 Å². The second-order valence-corrected chi connectivity index (χ2v) is 3.63. The van der Waals surface area contributed by atoms with Gasteiger partial charge in [-0.25, -0.2) is 0 Å². The van der Waals surface area contributed by atoms with Crippen molar-refractivity contribution in [3.8, 4) is 5.75 Å². The minimum absolute atomic E-state index is 0.533. The molecule has 0 saturated heterocycles. The molecule has 1 heterocycles. The van der Waals surface area contributed by atoms with Gasteiger partial charge in [0.1, 0.15) is 10.8 Å². The summed E-state index contributed by atoms with van der Waals surface area (Å²) in [6, 6.07) is 3.90. The molecule has 0 amide bonds. The summed E-state index contributed by atoms with van der Waals surface area (Å²) in [5.74, 6) is 0.675. The van der Waals surface area contributed by atoms with Gasteiger partial charge >= 0.3 is 0 Å². The van der Waals surface area contributed by atoms with Gasteiger partial charge in [-0.15, -0.1) is 0 Å². The third-order valence-corrected chi connectivity index (χ3v) is 2.63. The van der Waals surface area contributed by atoms with E-state index < -0.39 is 0 Å². The Hall–Kier alpha value is -1.19. The standard InChI is InChI=1S/C11H12ClNO2/c1-13-6-8-5-7-3-4-15-11(7)9(12)10(8)14-2/h3-5,13H,6H2,1-2H3. The fourth-order valence-corrected chi connectivity index (χ4v) is 2.00. The maximum atomic E-state index is 6.18. The zero-order valence-corrected chi connectivity index (χ0v) is 9.39. The summed E-state index contributed by atoms with van der Waals surface area (Å²) in [5.41, 5.74) is 1.70. The summed E-state index contributed by atoms with van der Waals surface area (Å²) < 4.78 is 10.6. The van der Waals surface area contributed by atoms with Crippen LogP contribution in [0, 0.1) is 0 Å². The van der Waals surface area contributed by atoms with E-state index in [0.717, 1.165) is 10.9 Å². The molecule has 0 aliphatic heterocycles. The quantitative estimate of drug-likeness (QED) is 0.872. The van der Waals surface area contributed by atoms with Gasteiger partial charge in [0, 0.05) is 17.5 Å². The first-order valence-corrected chi connectivity index (χ1v) is 5.03. The minimum Gasteiger partial charge on any atom is -0.495 e. The summed E-state index contributed by atoms with van der Waals surface area (Å²) in [4.78, 5) is 0. The number of methoxy groups -OCH3 is 1. The SMILES string of the molecule is CNCc1cc2ccoc2c(Cl)c1OC. The molecular formula is C11H12ClNO2. The Morgan fingerprint density at radius 1 is 1.53 bits per heavy atom. The molecule has 80 valence electrons. The molecule has 0 aliphatic carbocycles. The minimum atomic E-state index is 0.533. The van der Waals surface area contributed by atoms with Crippen LogP contribution in [-0.4, -0.2) is 14.2 Å². The summed E-state index contributed by atoms with van der Waals surface area (Å²) in [5, 5.41) is 4.60. The van der Waals surface area contributed by atoms with Crippen LogP contribution in [0.5, 0.6) is 5.75 Å². The smallest absolute Gasteiger partial charge is 0.156 e. The van der Waals surface area contributed by atoms with Crippen LogP contribution in [-0.2, 0) is 6.54 Å². The number of fused-ring (bicyclic) bond motifs is 1. The Kier molecular flexibility index (Phi) is 2.84. The summed E-state index contributed by atoms with van der Waals surface area (Å²) in [6.07, 6.45) is 1.62. The fourth-order valence-electron chi connectivity index (χ4n) is 1.65. The molecule has 0 spiro atoms. The van der Waals surface area contributed by atoms with E-state index in [1.165, 1.54) is 0 Å². The summed E-state index contributed by atoms with van der Waals surface area (Å²) >= 11 is 6.18. The highest BCUT2D eigenvalue weighted by Crippen LogP contribution is 2.36. The summed E-state index contributed by atoms with van der Waals surface area (Å²) in [7, 11) is 3.49. The molecule has 0 radical (unpaired) electrons. The van der Waals surface area contributed by atoms with Gasteiger partial charge in [-0.1, -0.05) is 11.6 Å². The maximum Gasteiger partial charge on any atom is 0.156 e.